The van der Waals surface area contributed by atoms with Crippen LogP contribution in [0.25, 0.3) is 0 Å². The normalized spacial score (nSPS) is 21.5. The Morgan fingerprint density at radius 1 is 1.14 bits per heavy atom. The standard InChI is InChI=1S/C23H35N3O2/c1-18(25-23(28)21-9-5-6-10-21)15-22(27)24-16-20-12-14-26(17-20)13-11-19-7-3-2-4-8-19/h2-4,7-8,18,20-21H,5-6,9-17H2,1H3,(H,24,27)(H,25,28). The second-order valence-corrected chi connectivity index (χ2v) is 8.59. The van der Waals surface area contributed by atoms with Crippen molar-refractivity contribution in [3.63, 3.8) is 0 Å². The minimum absolute atomic E-state index is 0.0435. The van der Waals surface area contributed by atoms with Crippen molar-refractivity contribution in [2.45, 2.75) is 57.9 Å². The highest BCUT2D eigenvalue weighted by Crippen LogP contribution is 2.24. The fourth-order valence-corrected chi connectivity index (χ4v) is 4.42. The number of likely N-dealkylation sites (tertiary alicyclic amines) is 1. The SMILES string of the molecule is CC(CC(=O)NCC1CCN(CCc2ccccc2)C1)NC(=O)C1CCCC1. The van der Waals surface area contributed by atoms with Gasteiger partial charge in [0.15, 0.2) is 0 Å². The van der Waals surface area contributed by atoms with Crippen LogP contribution < -0.4 is 10.6 Å². The lowest BCUT2D eigenvalue weighted by Gasteiger charge is -2.18. The Hall–Kier alpha value is -1.88. The van der Waals surface area contributed by atoms with Gasteiger partial charge in [0.1, 0.15) is 0 Å². The highest BCUT2D eigenvalue weighted by molar-refractivity contribution is 5.81. The lowest BCUT2D eigenvalue weighted by atomic mass is 10.1. The van der Waals surface area contributed by atoms with Gasteiger partial charge in [-0.25, -0.2) is 0 Å². The van der Waals surface area contributed by atoms with Crippen molar-refractivity contribution in [2.75, 3.05) is 26.2 Å². The van der Waals surface area contributed by atoms with Crippen molar-refractivity contribution in [1.29, 1.82) is 0 Å². The van der Waals surface area contributed by atoms with Crippen LogP contribution in [0.1, 0.15) is 51.0 Å². The summed E-state index contributed by atoms with van der Waals surface area (Å²) in [6.45, 7) is 5.91. The summed E-state index contributed by atoms with van der Waals surface area (Å²) in [7, 11) is 0. The van der Waals surface area contributed by atoms with Gasteiger partial charge in [0.2, 0.25) is 11.8 Å². The van der Waals surface area contributed by atoms with Crippen molar-refractivity contribution in [1.82, 2.24) is 15.5 Å². The summed E-state index contributed by atoms with van der Waals surface area (Å²) in [6, 6.07) is 10.5. The van der Waals surface area contributed by atoms with Gasteiger partial charge in [-0.05, 0) is 50.6 Å². The molecular weight excluding hydrogens is 350 g/mol. The second kappa shape index (κ2) is 10.6. The van der Waals surface area contributed by atoms with E-state index in [2.05, 4.69) is 45.9 Å². The number of carbonyl (C=O) groups excluding carboxylic acids is 2. The average Bonchev–Trinajstić information content (AvgIpc) is 3.37. The Bertz CT molecular complexity index is 628. The molecule has 154 valence electrons. The second-order valence-electron chi connectivity index (χ2n) is 8.59. The smallest absolute Gasteiger partial charge is 0.223 e. The van der Waals surface area contributed by atoms with Crippen LogP contribution in [0.2, 0.25) is 0 Å². The highest BCUT2D eigenvalue weighted by atomic mass is 16.2. The zero-order chi connectivity index (χ0) is 19.8. The molecule has 2 N–H and O–H groups in total. The molecule has 0 aromatic heterocycles. The third kappa shape index (κ3) is 6.62. The average molecular weight is 386 g/mol. The zero-order valence-corrected chi connectivity index (χ0v) is 17.2. The molecule has 2 fully saturated rings. The fraction of sp³-hybridized carbons (Fsp3) is 0.652. The number of carbonyl (C=O) groups is 2. The summed E-state index contributed by atoms with van der Waals surface area (Å²) in [5, 5.41) is 6.09. The molecule has 0 bridgehead atoms. The molecule has 0 radical (unpaired) electrons. The lowest BCUT2D eigenvalue weighted by Crippen LogP contribution is -2.40. The van der Waals surface area contributed by atoms with E-state index >= 15 is 0 Å². The molecule has 0 spiro atoms. The maximum Gasteiger partial charge on any atom is 0.223 e. The summed E-state index contributed by atoms with van der Waals surface area (Å²) < 4.78 is 0. The van der Waals surface area contributed by atoms with E-state index in [1.807, 2.05) is 6.92 Å². The van der Waals surface area contributed by atoms with E-state index in [-0.39, 0.29) is 23.8 Å². The van der Waals surface area contributed by atoms with Crippen LogP contribution in [-0.4, -0.2) is 48.9 Å². The first kappa shape index (κ1) is 20.8. The molecule has 1 aromatic rings. The Kier molecular flexibility index (Phi) is 7.90. The Labute approximate surface area is 169 Å². The van der Waals surface area contributed by atoms with E-state index < -0.39 is 0 Å². The number of nitrogens with one attached hydrogen (secondary N) is 2. The van der Waals surface area contributed by atoms with Gasteiger partial charge < -0.3 is 15.5 Å². The molecule has 5 heteroatoms. The molecule has 1 aliphatic heterocycles. The molecule has 5 nitrogen and oxygen atoms in total. The van der Waals surface area contributed by atoms with Gasteiger partial charge in [0.05, 0.1) is 0 Å². The third-order valence-electron chi connectivity index (χ3n) is 6.12. The van der Waals surface area contributed by atoms with Crippen LogP contribution in [0.3, 0.4) is 0 Å². The molecule has 2 aliphatic rings. The van der Waals surface area contributed by atoms with Gasteiger partial charge >= 0.3 is 0 Å². The zero-order valence-electron chi connectivity index (χ0n) is 17.2. The Balaban J connectivity index is 1.28. The van der Waals surface area contributed by atoms with Crippen LogP contribution in [0.5, 0.6) is 0 Å². The van der Waals surface area contributed by atoms with E-state index in [1.54, 1.807) is 0 Å². The monoisotopic (exact) mass is 385 g/mol. The predicted molar refractivity (Wildman–Crippen MR) is 112 cm³/mol. The minimum Gasteiger partial charge on any atom is -0.356 e. The van der Waals surface area contributed by atoms with Crippen LogP contribution in [0.4, 0.5) is 0 Å². The van der Waals surface area contributed by atoms with E-state index in [4.69, 9.17) is 0 Å². The van der Waals surface area contributed by atoms with Crippen molar-refractivity contribution in [2.24, 2.45) is 11.8 Å². The Morgan fingerprint density at radius 3 is 2.64 bits per heavy atom. The summed E-state index contributed by atoms with van der Waals surface area (Å²) in [4.78, 5) is 26.9. The van der Waals surface area contributed by atoms with Crippen LogP contribution in [0, 0.1) is 11.8 Å². The first-order valence-electron chi connectivity index (χ1n) is 10.9. The van der Waals surface area contributed by atoms with Gasteiger partial charge in [-0.1, -0.05) is 43.2 Å². The van der Waals surface area contributed by atoms with Crippen molar-refractivity contribution in [3.8, 4) is 0 Å². The van der Waals surface area contributed by atoms with Crippen LogP contribution >= 0.6 is 0 Å². The number of amides is 2. The summed E-state index contributed by atoms with van der Waals surface area (Å²) >= 11 is 0. The number of benzene rings is 1. The van der Waals surface area contributed by atoms with Gasteiger partial charge in [-0.2, -0.15) is 0 Å². The summed E-state index contributed by atoms with van der Waals surface area (Å²) in [5.74, 6) is 0.860. The molecule has 1 saturated carbocycles. The van der Waals surface area contributed by atoms with Crippen molar-refractivity contribution in [3.05, 3.63) is 35.9 Å². The molecule has 2 unspecified atom stereocenters. The van der Waals surface area contributed by atoms with E-state index in [0.717, 1.165) is 64.7 Å². The molecule has 1 aliphatic carbocycles. The van der Waals surface area contributed by atoms with Crippen molar-refractivity contribution < 1.29 is 9.59 Å². The Morgan fingerprint density at radius 2 is 1.89 bits per heavy atom. The number of rotatable bonds is 9. The van der Waals surface area contributed by atoms with Gasteiger partial charge in [-0.15, -0.1) is 0 Å². The van der Waals surface area contributed by atoms with Crippen LogP contribution in [0.15, 0.2) is 30.3 Å². The molecule has 28 heavy (non-hydrogen) atoms. The quantitative estimate of drug-likeness (QED) is 0.687. The summed E-state index contributed by atoms with van der Waals surface area (Å²) in [6.07, 6.45) is 6.87. The lowest BCUT2D eigenvalue weighted by molar-refractivity contribution is -0.126. The molecule has 1 heterocycles. The predicted octanol–water partition coefficient (Wildman–Crippen LogP) is 2.75. The van der Waals surface area contributed by atoms with Gasteiger partial charge in [0.25, 0.3) is 0 Å². The van der Waals surface area contributed by atoms with E-state index in [1.165, 1.54) is 5.56 Å². The first-order chi connectivity index (χ1) is 13.6. The number of hydrogen-bond acceptors (Lipinski definition) is 3. The number of hydrogen-bond donors (Lipinski definition) is 2. The molecule has 1 aromatic carbocycles. The molecule has 2 amide bonds. The maximum absolute atomic E-state index is 12.2. The largest absolute Gasteiger partial charge is 0.356 e. The minimum atomic E-state index is -0.0981. The fourth-order valence-electron chi connectivity index (χ4n) is 4.42. The number of nitrogens with zero attached hydrogens (tertiary/aromatic N) is 1. The van der Waals surface area contributed by atoms with Crippen LogP contribution in [-0.2, 0) is 16.0 Å². The molecule has 3 rings (SSSR count). The van der Waals surface area contributed by atoms with Gasteiger partial charge in [-0.3, -0.25) is 9.59 Å². The highest BCUT2D eigenvalue weighted by Gasteiger charge is 2.25. The topological polar surface area (TPSA) is 61.4 Å². The van der Waals surface area contributed by atoms with Gasteiger partial charge in [0, 0.05) is 38.0 Å². The van der Waals surface area contributed by atoms with E-state index in [0.29, 0.717) is 12.3 Å². The maximum atomic E-state index is 12.2. The van der Waals surface area contributed by atoms with Crippen molar-refractivity contribution >= 4 is 11.8 Å². The first-order valence-corrected chi connectivity index (χ1v) is 10.9. The molecule has 1 saturated heterocycles. The molecular formula is C23H35N3O2. The summed E-state index contributed by atoms with van der Waals surface area (Å²) in [5.41, 5.74) is 1.38. The van der Waals surface area contributed by atoms with E-state index in [9.17, 15) is 9.59 Å². The third-order valence-corrected chi connectivity index (χ3v) is 6.12. The molecule has 2 atom stereocenters.